The van der Waals surface area contributed by atoms with E-state index in [-0.39, 0.29) is 6.10 Å². The van der Waals surface area contributed by atoms with Crippen LogP contribution >= 0.6 is 15.9 Å². The summed E-state index contributed by atoms with van der Waals surface area (Å²) in [6, 6.07) is 9.35. The molecule has 0 saturated carbocycles. The van der Waals surface area contributed by atoms with E-state index in [4.69, 9.17) is 14.7 Å². The fraction of sp³-hybridized carbons (Fsp3) is 0.417. The average molecular weight is 302 g/mol. The Bertz CT molecular complexity index is 356. The largest absolute Gasteiger partial charge is 0.411 e. The zero-order chi connectivity index (χ0) is 12.7. The number of alkyl halides is 1. The second kappa shape index (κ2) is 7.42. The quantitative estimate of drug-likeness (QED) is 0.380. The number of hydrogen-bond acceptors (Lipinski definition) is 4. The lowest BCUT2D eigenvalue weighted by molar-refractivity contribution is 0.0249. The predicted octanol–water partition coefficient (Wildman–Crippen LogP) is 2.64. The number of benzene rings is 1. The number of oxime groups is 1. The minimum Gasteiger partial charge on any atom is -0.411 e. The number of ether oxygens (including phenoxy) is 2. The van der Waals surface area contributed by atoms with Crippen LogP contribution in [-0.4, -0.2) is 35.8 Å². The predicted molar refractivity (Wildman–Crippen MR) is 69.9 cm³/mol. The van der Waals surface area contributed by atoms with Gasteiger partial charge in [-0.2, -0.15) is 0 Å². The Hall–Kier alpha value is -0.910. The zero-order valence-corrected chi connectivity index (χ0v) is 11.4. The Morgan fingerprint density at radius 2 is 2.06 bits per heavy atom. The molecule has 0 spiro atoms. The summed E-state index contributed by atoms with van der Waals surface area (Å²) in [4.78, 5) is 0. The van der Waals surface area contributed by atoms with Gasteiger partial charge in [-0.15, -0.1) is 0 Å². The first-order valence-electron chi connectivity index (χ1n) is 5.25. The molecular weight excluding hydrogens is 286 g/mol. The highest BCUT2D eigenvalue weighted by Gasteiger charge is 2.16. The van der Waals surface area contributed by atoms with Gasteiger partial charge in [-0.1, -0.05) is 51.4 Å². The number of nitrogens with zero attached hydrogens (tertiary/aromatic N) is 1. The van der Waals surface area contributed by atoms with Crippen molar-refractivity contribution < 1.29 is 14.7 Å². The maximum Gasteiger partial charge on any atom is 0.158 e. The molecule has 0 radical (unpaired) electrons. The van der Waals surface area contributed by atoms with Gasteiger partial charge in [0.2, 0.25) is 0 Å². The van der Waals surface area contributed by atoms with Crippen LogP contribution in [0.15, 0.2) is 35.5 Å². The molecule has 0 saturated heterocycles. The summed E-state index contributed by atoms with van der Waals surface area (Å²) in [5.74, 6) is 0. The van der Waals surface area contributed by atoms with Crippen LogP contribution in [0.4, 0.5) is 0 Å². The minimum absolute atomic E-state index is 0.00855. The molecule has 0 aliphatic heterocycles. The first-order chi connectivity index (χ1) is 8.19. The standard InChI is InChI=1S/C12H16BrNO3/c1-9(16-2)8-17-12(13)11(14-15)10-6-4-3-5-7-10/h3-7,9,12,15H,8H2,1-2H3/b14-11+. The van der Waals surface area contributed by atoms with Gasteiger partial charge in [0.05, 0.1) is 12.7 Å². The van der Waals surface area contributed by atoms with Crippen molar-refractivity contribution in [3.63, 3.8) is 0 Å². The van der Waals surface area contributed by atoms with Crippen molar-refractivity contribution in [3.05, 3.63) is 35.9 Å². The lowest BCUT2D eigenvalue weighted by Gasteiger charge is -2.16. The maximum atomic E-state index is 9.02. The molecule has 1 aromatic rings. The molecule has 5 heteroatoms. The van der Waals surface area contributed by atoms with Crippen molar-refractivity contribution in [1.29, 1.82) is 0 Å². The molecule has 0 aromatic heterocycles. The average Bonchev–Trinajstić information content (AvgIpc) is 2.38. The molecule has 0 heterocycles. The number of halogens is 1. The van der Waals surface area contributed by atoms with Crippen molar-refractivity contribution in [2.45, 2.75) is 18.0 Å². The van der Waals surface area contributed by atoms with Gasteiger partial charge in [-0.3, -0.25) is 0 Å². The summed E-state index contributed by atoms with van der Waals surface area (Å²) in [5, 5.41) is 11.8. The van der Waals surface area contributed by atoms with Gasteiger partial charge in [-0.25, -0.2) is 0 Å². The van der Waals surface area contributed by atoms with Crippen LogP contribution in [0.25, 0.3) is 0 Å². The molecule has 94 valence electrons. The number of methoxy groups -OCH3 is 1. The molecule has 1 aromatic carbocycles. The van der Waals surface area contributed by atoms with Crippen LogP contribution in [-0.2, 0) is 9.47 Å². The van der Waals surface area contributed by atoms with E-state index >= 15 is 0 Å². The summed E-state index contributed by atoms with van der Waals surface area (Å²) < 4.78 is 10.6. The molecule has 0 fully saturated rings. The molecule has 0 amide bonds. The first-order valence-corrected chi connectivity index (χ1v) is 6.16. The normalized spacial score (nSPS) is 15.6. The second-order valence-electron chi connectivity index (χ2n) is 3.55. The fourth-order valence-corrected chi connectivity index (χ4v) is 1.72. The molecule has 0 aliphatic rings. The molecule has 4 nitrogen and oxygen atoms in total. The molecule has 0 aliphatic carbocycles. The van der Waals surface area contributed by atoms with Crippen LogP contribution in [0.3, 0.4) is 0 Å². The van der Waals surface area contributed by atoms with E-state index in [0.29, 0.717) is 12.3 Å². The minimum atomic E-state index is -0.465. The molecule has 2 unspecified atom stereocenters. The van der Waals surface area contributed by atoms with Gasteiger partial charge in [0.1, 0.15) is 5.71 Å². The highest BCUT2D eigenvalue weighted by Crippen LogP contribution is 2.13. The van der Waals surface area contributed by atoms with Crippen LogP contribution in [0.1, 0.15) is 12.5 Å². The fourth-order valence-electron chi connectivity index (χ4n) is 1.21. The lowest BCUT2D eigenvalue weighted by atomic mass is 10.1. The van der Waals surface area contributed by atoms with Crippen molar-refractivity contribution in [1.82, 2.24) is 0 Å². The van der Waals surface area contributed by atoms with Gasteiger partial charge in [0.15, 0.2) is 5.01 Å². The van der Waals surface area contributed by atoms with E-state index in [1.807, 2.05) is 37.3 Å². The Kier molecular flexibility index (Phi) is 6.18. The Morgan fingerprint density at radius 1 is 1.41 bits per heavy atom. The summed E-state index contributed by atoms with van der Waals surface area (Å²) in [6.45, 7) is 2.32. The lowest BCUT2D eigenvalue weighted by Crippen LogP contribution is -2.24. The Morgan fingerprint density at radius 3 is 2.59 bits per heavy atom. The van der Waals surface area contributed by atoms with E-state index in [1.54, 1.807) is 7.11 Å². The van der Waals surface area contributed by atoms with Crippen molar-refractivity contribution in [2.24, 2.45) is 5.16 Å². The summed E-state index contributed by atoms with van der Waals surface area (Å²) >= 11 is 3.33. The Labute approximate surface area is 109 Å². The summed E-state index contributed by atoms with van der Waals surface area (Å²) in [6.07, 6.45) is -0.00855. The molecule has 17 heavy (non-hydrogen) atoms. The summed E-state index contributed by atoms with van der Waals surface area (Å²) in [5.41, 5.74) is 1.25. The number of rotatable bonds is 6. The van der Waals surface area contributed by atoms with E-state index in [0.717, 1.165) is 5.56 Å². The SMILES string of the molecule is COC(C)COC(Br)/C(=N/O)c1ccccc1. The van der Waals surface area contributed by atoms with Crippen molar-refractivity contribution in [3.8, 4) is 0 Å². The number of hydrogen-bond donors (Lipinski definition) is 1. The van der Waals surface area contributed by atoms with Crippen molar-refractivity contribution in [2.75, 3.05) is 13.7 Å². The highest BCUT2D eigenvalue weighted by atomic mass is 79.9. The van der Waals surface area contributed by atoms with Crippen molar-refractivity contribution >= 4 is 21.6 Å². The third-order valence-corrected chi connectivity index (χ3v) is 2.97. The Balaban J connectivity index is 2.63. The molecular formula is C12H16BrNO3. The molecule has 2 atom stereocenters. The molecule has 1 N–H and O–H groups in total. The van der Waals surface area contributed by atoms with E-state index in [2.05, 4.69) is 21.1 Å². The van der Waals surface area contributed by atoms with Crippen LogP contribution in [0.2, 0.25) is 0 Å². The van der Waals surface area contributed by atoms with Gasteiger partial charge in [0, 0.05) is 12.7 Å². The van der Waals surface area contributed by atoms with Crippen LogP contribution in [0, 0.1) is 0 Å². The van der Waals surface area contributed by atoms with E-state index in [1.165, 1.54) is 0 Å². The maximum absolute atomic E-state index is 9.02. The van der Waals surface area contributed by atoms with Gasteiger partial charge in [0.25, 0.3) is 0 Å². The zero-order valence-electron chi connectivity index (χ0n) is 9.84. The van der Waals surface area contributed by atoms with E-state index in [9.17, 15) is 0 Å². The third kappa shape index (κ3) is 4.46. The van der Waals surface area contributed by atoms with E-state index < -0.39 is 5.01 Å². The van der Waals surface area contributed by atoms with Gasteiger partial charge in [-0.05, 0) is 6.92 Å². The van der Waals surface area contributed by atoms with Crippen LogP contribution in [0.5, 0.6) is 0 Å². The highest BCUT2D eigenvalue weighted by molar-refractivity contribution is 9.09. The topological polar surface area (TPSA) is 51.0 Å². The smallest absolute Gasteiger partial charge is 0.158 e. The molecule has 0 bridgehead atoms. The summed E-state index contributed by atoms with van der Waals surface area (Å²) in [7, 11) is 1.62. The first kappa shape index (κ1) is 14.2. The van der Waals surface area contributed by atoms with Gasteiger partial charge < -0.3 is 14.7 Å². The van der Waals surface area contributed by atoms with Crippen LogP contribution < -0.4 is 0 Å². The monoisotopic (exact) mass is 301 g/mol. The van der Waals surface area contributed by atoms with Gasteiger partial charge >= 0.3 is 0 Å². The molecule has 1 rings (SSSR count). The third-order valence-electron chi connectivity index (χ3n) is 2.27. The second-order valence-corrected chi connectivity index (χ2v) is 4.38.